The van der Waals surface area contributed by atoms with Crippen molar-refractivity contribution in [1.29, 1.82) is 0 Å². The standard InChI is InChI=1S/C20H28O9/c1-7(2)20(26)11-10-12(28-17(11)25)13(22)19(6-9(8(3)21)16(24)29-19)18(10,4)15(27-5)14(20)23/h7-9,12-15,21-23,26H,6H2,1-5H3/t8-,9+,12-,13+,14-,15+,18-,19+,20+/m0/s1. The quantitative estimate of drug-likeness (QED) is 0.431. The van der Waals surface area contributed by atoms with E-state index in [-0.39, 0.29) is 12.0 Å². The number of methoxy groups -OCH3 is 1. The van der Waals surface area contributed by atoms with Crippen molar-refractivity contribution < 1.29 is 44.2 Å². The largest absolute Gasteiger partial charge is 0.455 e. The Morgan fingerprint density at radius 2 is 1.79 bits per heavy atom. The summed E-state index contributed by atoms with van der Waals surface area (Å²) in [5.74, 6) is -2.95. The van der Waals surface area contributed by atoms with Gasteiger partial charge in [0, 0.05) is 13.5 Å². The van der Waals surface area contributed by atoms with Gasteiger partial charge in [0.2, 0.25) is 0 Å². The first-order chi connectivity index (χ1) is 13.4. The minimum absolute atomic E-state index is 0.0430. The smallest absolute Gasteiger partial charge is 0.337 e. The Bertz CT molecular complexity index is 804. The fraction of sp³-hybridized carbons (Fsp3) is 0.800. The molecule has 1 saturated heterocycles. The molecule has 4 N–H and O–H groups in total. The monoisotopic (exact) mass is 412 g/mol. The maximum Gasteiger partial charge on any atom is 0.337 e. The average molecular weight is 412 g/mol. The number of carbonyl (C=O) groups excluding carboxylic acids is 2. The number of hydrogen-bond acceptors (Lipinski definition) is 9. The van der Waals surface area contributed by atoms with Gasteiger partial charge in [-0.3, -0.25) is 4.79 Å². The Morgan fingerprint density at radius 3 is 2.28 bits per heavy atom. The van der Waals surface area contributed by atoms with Gasteiger partial charge in [-0.15, -0.1) is 0 Å². The first-order valence-electron chi connectivity index (χ1n) is 9.87. The fourth-order valence-electron chi connectivity index (χ4n) is 6.08. The zero-order valence-electron chi connectivity index (χ0n) is 17.1. The maximum absolute atomic E-state index is 12.7. The van der Waals surface area contributed by atoms with Crippen molar-refractivity contribution >= 4 is 11.9 Å². The molecule has 0 radical (unpaired) electrons. The van der Waals surface area contributed by atoms with Gasteiger partial charge in [-0.05, 0) is 25.3 Å². The third-order valence-corrected chi connectivity index (χ3v) is 7.73. The lowest BCUT2D eigenvalue weighted by atomic mass is 9.56. The van der Waals surface area contributed by atoms with E-state index in [9.17, 15) is 30.0 Å². The maximum atomic E-state index is 12.7. The van der Waals surface area contributed by atoms with Crippen LogP contribution >= 0.6 is 0 Å². The molecule has 0 aromatic rings. The van der Waals surface area contributed by atoms with Gasteiger partial charge < -0.3 is 34.6 Å². The van der Waals surface area contributed by atoms with E-state index >= 15 is 0 Å². The normalized spacial score (nSPS) is 49.7. The summed E-state index contributed by atoms with van der Waals surface area (Å²) in [5.41, 5.74) is -4.71. The van der Waals surface area contributed by atoms with Crippen LogP contribution in [0.3, 0.4) is 0 Å². The van der Waals surface area contributed by atoms with Crippen molar-refractivity contribution in [1.82, 2.24) is 0 Å². The molecular weight excluding hydrogens is 384 g/mol. The molecule has 9 heteroatoms. The van der Waals surface area contributed by atoms with Crippen LogP contribution in [0.2, 0.25) is 0 Å². The molecule has 2 heterocycles. The Morgan fingerprint density at radius 1 is 1.17 bits per heavy atom. The molecule has 0 unspecified atom stereocenters. The molecule has 29 heavy (non-hydrogen) atoms. The van der Waals surface area contributed by atoms with Crippen molar-refractivity contribution in [2.45, 2.75) is 75.8 Å². The first kappa shape index (κ1) is 20.7. The average Bonchev–Trinajstić information content (AvgIpc) is 3.22. The van der Waals surface area contributed by atoms with Crippen LogP contribution in [0.25, 0.3) is 0 Å². The highest BCUT2D eigenvalue weighted by atomic mass is 16.6. The van der Waals surface area contributed by atoms with Gasteiger partial charge >= 0.3 is 11.9 Å². The van der Waals surface area contributed by atoms with Crippen LogP contribution in [0.5, 0.6) is 0 Å². The lowest BCUT2D eigenvalue weighted by molar-refractivity contribution is -0.226. The molecule has 2 fully saturated rings. The molecule has 9 atom stereocenters. The summed E-state index contributed by atoms with van der Waals surface area (Å²) < 4.78 is 16.8. The molecule has 0 aromatic heterocycles. The molecule has 0 aromatic carbocycles. The number of carbonyl (C=O) groups is 2. The van der Waals surface area contributed by atoms with E-state index in [4.69, 9.17) is 14.2 Å². The second kappa shape index (κ2) is 6.01. The SMILES string of the molecule is CO[C@@H]1[C@H](O)[C@@](O)(C(C)C)C2=C3[C@H](OC2=O)[C@@H](O)[C@]2(C[C@H]([C@H](C)O)C(=O)O2)[C@@]31C. The van der Waals surface area contributed by atoms with Crippen molar-refractivity contribution in [2.75, 3.05) is 7.11 Å². The molecule has 0 bridgehead atoms. The Labute approximate surface area is 168 Å². The predicted octanol–water partition coefficient (Wildman–Crippen LogP) is -0.951. The summed E-state index contributed by atoms with van der Waals surface area (Å²) >= 11 is 0. The highest BCUT2D eigenvalue weighted by Gasteiger charge is 2.81. The summed E-state index contributed by atoms with van der Waals surface area (Å²) in [6.07, 6.45) is -6.29. The second-order valence-electron chi connectivity index (χ2n) is 9.20. The highest BCUT2D eigenvalue weighted by molar-refractivity contribution is 5.97. The van der Waals surface area contributed by atoms with Crippen LogP contribution < -0.4 is 0 Å². The van der Waals surface area contributed by atoms with Crippen LogP contribution in [0, 0.1) is 17.3 Å². The molecule has 1 spiro atoms. The number of ether oxygens (including phenoxy) is 3. The van der Waals surface area contributed by atoms with Crippen LogP contribution in [-0.4, -0.2) is 81.2 Å². The molecule has 1 saturated carbocycles. The number of aliphatic hydroxyl groups is 4. The Balaban J connectivity index is 2.01. The van der Waals surface area contributed by atoms with Gasteiger partial charge in [-0.1, -0.05) is 13.8 Å². The van der Waals surface area contributed by atoms with Gasteiger partial charge in [0.15, 0.2) is 11.7 Å². The van der Waals surface area contributed by atoms with Crippen LogP contribution in [0.1, 0.15) is 34.1 Å². The van der Waals surface area contributed by atoms with Gasteiger partial charge in [-0.2, -0.15) is 0 Å². The summed E-state index contributed by atoms with van der Waals surface area (Å²) in [6.45, 7) is 6.42. The summed E-state index contributed by atoms with van der Waals surface area (Å²) in [6, 6.07) is 0. The predicted molar refractivity (Wildman–Crippen MR) is 96.2 cm³/mol. The number of hydrogen-bond donors (Lipinski definition) is 4. The van der Waals surface area contributed by atoms with Crippen LogP contribution in [0.15, 0.2) is 11.1 Å². The lowest BCUT2D eigenvalue weighted by Gasteiger charge is -2.54. The molecule has 2 aliphatic carbocycles. The van der Waals surface area contributed by atoms with Crippen molar-refractivity contribution in [3.05, 3.63) is 11.1 Å². The van der Waals surface area contributed by atoms with Crippen molar-refractivity contribution in [3.63, 3.8) is 0 Å². The van der Waals surface area contributed by atoms with Gasteiger partial charge in [0.05, 0.1) is 29.1 Å². The number of esters is 2. The molecule has 2 aliphatic heterocycles. The van der Waals surface area contributed by atoms with E-state index in [1.807, 2.05) is 0 Å². The van der Waals surface area contributed by atoms with Gasteiger partial charge in [0.25, 0.3) is 0 Å². The third-order valence-electron chi connectivity index (χ3n) is 7.73. The van der Waals surface area contributed by atoms with Crippen LogP contribution in [-0.2, 0) is 23.8 Å². The molecule has 4 aliphatic rings. The molecule has 4 rings (SSSR count). The zero-order valence-corrected chi connectivity index (χ0v) is 17.1. The Kier molecular flexibility index (Phi) is 4.30. The van der Waals surface area contributed by atoms with E-state index in [0.29, 0.717) is 5.57 Å². The molecule has 0 amide bonds. The first-order valence-corrected chi connectivity index (χ1v) is 9.87. The topological polar surface area (TPSA) is 143 Å². The summed E-state index contributed by atoms with van der Waals surface area (Å²) in [7, 11) is 1.35. The Hall–Kier alpha value is -1.52. The molecular formula is C20H28O9. The van der Waals surface area contributed by atoms with Crippen molar-refractivity contribution in [3.8, 4) is 0 Å². The van der Waals surface area contributed by atoms with E-state index in [1.54, 1.807) is 20.8 Å². The van der Waals surface area contributed by atoms with E-state index in [1.165, 1.54) is 14.0 Å². The van der Waals surface area contributed by atoms with E-state index in [0.717, 1.165) is 0 Å². The summed E-state index contributed by atoms with van der Waals surface area (Å²) in [5, 5.41) is 43.9. The molecule has 9 nitrogen and oxygen atoms in total. The third kappa shape index (κ3) is 2.07. The minimum atomic E-state index is -1.96. The second-order valence-corrected chi connectivity index (χ2v) is 9.20. The lowest BCUT2D eigenvalue weighted by Crippen LogP contribution is -2.68. The number of fused-ring (bicyclic) bond motifs is 1. The van der Waals surface area contributed by atoms with Gasteiger partial charge in [-0.25, -0.2) is 4.79 Å². The highest BCUT2D eigenvalue weighted by Crippen LogP contribution is 2.67. The number of aliphatic hydroxyl groups excluding tert-OH is 3. The zero-order chi connectivity index (χ0) is 21.7. The molecule has 162 valence electrons. The van der Waals surface area contributed by atoms with Crippen LogP contribution in [0.4, 0.5) is 0 Å². The number of rotatable bonds is 3. The minimum Gasteiger partial charge on any atom is -0.455 e. The van der Waals surface area contributed by atoms with Gasteiger partial charge in [0.1, 0.15) is 17.8 Å². The van der Waals surface area contributed by atoms with Crippen molar-refractivity contribution in [2.24, 2.45) is 17.3 Å². The van der Waals surface area contributed by atoms with E-state index < -0.39 is 70.9 Å². The van der Waals surface area contributed by atoms with E-state index in [2.05, 4.69) is 0 Å². The fourth-order valence-corrected chi connectivity index (χ4v) is 6.08. The summed E-state index contributed by atoms with van der Waals surface area (Å²) in [4.78, 5) is 25.3.